The number of benzene rings is 1. The monoisotopic (exact) mass is 610 g/mol. The van der Waals surface area contributed by atoms with Crippen LogP contribution in [-0.4, -0.2) is 84.1 Å². The second-order valence-electron chi connectivity index (χ2n) is 14.0. The van der Waals surface area contributed by atoms with Crippen molar-refractivity contribution in [3.05, 3.63) is 46.2 Å². The molecule has 3 saturated heterocycles. The molecule has 2 aromatic heterocycles. The van der Waals surface area contributed by atoms with Crippen LogP contribution in [0, 0.1) is 11.3 Å². The van der Waals surface area contributed by atoms with Gasteiger partial charge in [0.15, 0.2) is 17.3 Å². The van der Waals surface area contributed by atoms with Gasteiger partial charge >= 0.3 is 0 Å². The highest BCUT2D eigenvalue weighted by molar-refractivity contribution is 5.69. The van der Waals surface area contributed by atoms with Crippen molar-refractivity contribution in [3.63, 3.8) is 0 Å². The number of hydrogen-bond acceptors (Lipinski definition) is 11. The van der Waals surface area contributed by atoms with Crippen molar-refractivity contribution in [2.24, 2.45) is 0 Å². The molecule has 0 radical (unpaired) electrons. The summed E-state index contributed by atoms with van der Waals surface area (Å²) in [6.07, 6.45) is 5.76. The van der Waals surface area contributed by atoms with Crippen LogP contribution in [0.15, 0.2) is 22.7 Å². The Balaban J connectivity index is 1.21. The van der Waals surface area contributed by atoms with Gasteiger partial charge in [0.1, 0.15) is 18.0 Å². The second kappa shape index (κ2) is 10.7. The number of ether oxygens (including phenoxy) is 2. The van der Waals surface area contributed by atoms with Crippen molar-refractivity contribution in [1.82, 2.24) is 25.3 Å². The number of likely N-dealkylation sites (tertiary alicyclic amines) is 1. The van der Waals surface area contributed by atoms with Crippen LogP contribution in [0.4, 0.5) is 11.5 Å². The maximum Gasteiger partial charge on any atom is 0.219 e. The first-order chi connectivity index (χ1) is 21.8. The first-order valence-electron chi connectivity index (χ1n) is 16.5. The van der Waals surface area contributed by atoms with Gasteiger partial charge in [-0.15, -0.1) is 0 Å². The van der Waals surface area contributed by atoms with Crippen LogP contribution in [0.2, 0.25) is 0 Å². The third kappa shape index (κ3) is 4.52. The van der Waals surface area contributed by atoms with Gasteiger partial charge in [0.25, 0.3) is 0 Å². The quantitative estimate of drug-likeness (QED) is 0.409. The Bertz CT molecular complexity index is 1680. The normalized spacial score (nSPS) is 27.6. The maximum atomic E-state index is 10.2. The zero-order chi connectivity index (χ0) is 30.9. The zero-order valence-electron chi connectivity index (χ0n) is 26.4. The topological polar surface area (TPSA) is 139 Å². The van der Waals surface area contributed by atoms with Gasteiger partial charge in [-0.05, 0) is 82.2 Å². The molecule has 3 aromatic rings. The molecule has 3 aliphatic heterocycles. The third-order valence-electron chi connectivity index (χ3n) is 11.1. The highest BCUT2D eigenvalue weighted by atomic mass is 16.5. The van der Waals surface area contributed by atoms with Crippen molar-refractivity contribution >= 4 is 11.5 Å². The molecular weight excluding hydrogens is 568 g/mol. The van der Waals surface area contributed by atoms with Gasteiger partial charge in [-0.1, -0.05) is 18.1 Å². The average Bonchev–Trinajstić information content (AvgIpc) is 3.73. The summed E-state index contributed by atoms with van der Waals surface area (Å²) in [5.74, 6) is 3.02. The number of hydrogen-bond donors (Lipinski definition) is 2. The molecule has 3 fully saturated rings. The smallest absolute Gasteiger partial charge is 0.219 e. The third-order valence-corrected chi connectivity index (χ3v) is 11.1. The van der Waals surface area contributed by atoms with Crippen LogP contribution in [0.3, 0.4) is 0 Å². The van der Waals surface area contributed by atoms with E-state index in [1.54, 1.807) is 0 Å². The molecule has 0 unspecified atom stereocenters. The fraction of sp³-hybridized carbons (Fsp3) is 0.588. The molecule has 2 spiro atoms. The van der Waals surface area contributed by atoms with Crippen molar-refractivity contribution in [2.45, 2.75) is 81.4 Å². The van der Waals surface area contributed by atoms with Gasteiger partial charge in [-0.3, -0.25) is 4.90 Å². The Morgan fingerprint density at radius 1 is 1.22 bits per heavy atom. The highest BCUT2D eigenvalue weighted by Gasteiger charge is 2.51. The molecule has 3 N–H and O–H groups in total. The van der Waals surface area contributed by atoms with Crippen molar-refractivity contribution in [2.75, 3.05) is 57.1 Å². The summed E-state index contributed by atoms with van der Waals surface area (Å²) in [6, 6.07) is 8.69. The molecule has 11 heteroatoms. The first-order valence-corrected chi connectivity index (χ1v) is 16.5. The van der Waals surface area contributed by atoms with Crippen LogP contribution >= 0.6 is 0 Å². The fourth-order valence-corrected chi connectivity index (χ4v) is 8.86. The number of nitrogen functional groups attached to an aromatic ring is 1. The Morgan fingerprint density at radius 3 is 2.84 bits per heavy atom. The number of aromatic nitrogens is 3. The molecule has 5 aliphatic rings. The molecule has 1 aromatic carbocycles. The SMILES string of the molecule is C[C@H](Oc1cc(N2CCNC3(COC3)C2)nc(-c2noc3c2CCC[C@@]32C[C@H](C)c3ccc(N)c(C#N)c32)n1)[C@@H]1CCCN1C. The van der Waals surface area contributed by atoms with E-state index in [2.05, 4.69) is 53.3 Å². The number of nitrogens with one attached hydrogen (secondary N) is 1. The Kier molecular flexibility index (Phi) is 6.82. The summed E-state index contributed by atoms with van der Waals surface area (Å²) in [5.41, 5.74) is 10.9. The molecule has 0 bridgehead atoms. The van der Waals surface area contributed by atoms with Crippen LogP contribution in [0.5, 0.6) is 5.88 Å². The lowest BCUT2D eigenvalue weighted by Gasteiger charge is -2.49. The molecule has 11 nitrogen and oxygen atoms in total. The lowest BCUT2D eigenvalue weighted by molar-refractivity contribution is -0.0743. The van der Waals surface area contributed by atoms with Crippen molar-refractivity contribution in [3.8, 4) is 23.5 Å². The van der Waals surface area contributed by atoms with E-state index in [0.717, 1.165) is 81.0 Å². The number of nitrogens with zero attached hydrogens (tertiary/aromatic N) is 6. The summed E-state index contributed by atoms with van der Waals surface area (Å²) in [5, 5.41) is 18.5. The summed E-state index contributed by atoms with van der Waals surface area (Å²) >= 11 is 0. The number of nitriles is 1. The number of likely N-dealkylation sites (N-methyl/N-ethyl adjacent to an activating group) is 1. The lowest BCUT2D eigenvalue weighted by atomic mass is 9.68. The molecule has 2 aliphatic carbocycles. The molecule has 4 atom stereocenters. The average molecular weight is 611 g/mol. The van der Waals surface area contributed by atoms with Gasteiger partial charge in [0, 0.05) is 43.0 Å². The van der Waals surface area contributed by atoms with E-state index < -0.39 is 5.41 Å². The maximum absolute atomic E-state index is 10.2. The predicted octanol–water partition coefficient (Wildman–Crippen LogP) is 3.76. The van der Waals surface area contributed by atoms with E-state index in [-0.39, 0.29) is 17.6 Å². The van der Waals surface area contributed by atoms with Crippen LogP contribution in [0.1, 0.15) is 79.9 Å². The van der Waals surface area contributed by atoms with Gasteiger partial charge in [-0.2, -0.15) is 10.2 Å². The van der Waals surface area contributed by atoms with E-state index in [1.807, 2.05) is 12.1 Å². The van der Waals surface area contributed by atoms with E-state index in [9.17, 15) is 5.26 Å². The van der Waals surface area contributed by atoms with Crippen LogP contribution in [-0.2, 0) is 16.6 Å². The van der Waals surface area contributed by atoms with Gasteiger partial charge in [-0.25, -0.2) is 4.98 Å². The number of anilines is 2. The predicted molar refractivity (Wildman–Crippen MR) is 169 cm³/mol. The molecule has 8 rings (SSSR count). The Labute approximate surface area is 264 Å². The van der Waals surface area contributed by atoms with Gasteiger partial charge in [0.05, 0.1) is 29.7 Å². The molecule has 0 saturated carbocycles. The minimum atomic E-state index is -0.443. The second-order valence-corrected chi connectivity index (χ2v) is 14.0. The van der Waals surface area contributed by atoms with Crippen LogP contribution in [0.25, 0.3) is 11.5 Å². The number of piperazine rings is 1. The molecule has 5 heterocycles. The van der Waals surface area contributed by atoms with Crippen molar-refractivity contribution < 1.29 is 14.0 Å². The van der Waals surface area contributed by atoms with E-state index >= 15 is 0 Å². The zero-order valence-corrected chi connectivity index (χ0v) is 26.4. The molecule has 236 valence electrons. The minimum absolute atomic E-state index is 0.0247. The van der Waals surface area contributed by atoms with Gasteiger partial charge < -0.3 is 29.9 Å². The molecular formula is C34H42N8O3. The van der Waals surface area contributed by atoms with E-state index in [4.69, 9.17) is 29.7 Å². The fourth-order valence-electron chi connectivity index (χ4n) is 8.86. The van der Waals surface area contributed by atoms with E-state index in [1.165, 1.54) is 12.0 Å². The van der Waals surface area contributed by atoms with Crippen LogP contribution < -0.4 is 20.7 Å². The lowest BCUT2D eigenvalue weighted by Crippen LogP contribution is -2.70. The summed E-state index contributed by atoms with van der Waals surface area (Å²) in [4.78, 5) is 14.8. The largest absolute Gasteiger partial charge is 0.473 e. The summed E-state index contributed by atoms with van der Waals surface area (Å²) in [6.45, 7) is 9.32. The standard InChI is InChI=1S/C34H42N8O3/c1-20-15-34(29-22(20)8-9-25(36)24(29)16-35)10-4-6-23-30(40-45-31(23)34)32-38-27(42-13-11-37-33(17-42)18-43-19-33)14-28(39-32)44-21(2)26-7-5-12-41(26)3/h8-9,14,20-21,26,37H,4-7,10-13,15,17-19,36H2,1-3H3/t20-,21-,26-,34-/m0/s1. The van der Waals surface area contributed by atoms with E-state index in [0.29, 0.717) is 47.9 Å². The minimum Gasteiger partial charge on any atom is -0.473 e. The van der Waals surface area contributed by atoms with Crippen molar-refractivity contribution in [1.29, 1.82) is 5.26 Å². The summed E-state index contributed by atoms with van der Waals surface area (Å²) < 4.78 is 18.5. The Morgan fingerprint density at radius 2 is 2.09 bits per heavy atom. The highest BCUT2D eigenvalue weighted by Crippen LogP contribution is 2.57. The Hall–Kier alpha value is -3.72. The first kappa shape index (κ1) is 28.7. The number of fused-ring (bicyclic) bond motifs is 4. The number of nitrogens with two attached hydrogens (primary N) is 1. The molecule has 45 heavy (non-hydrogen) atoms. The summed E-state index contributed by atoms with van der Waals surface area (Å²) in [7, 11) is 2.17. The molecule has 0 amide bonds. The number of rotatable bonds is 5. The van der Waals surface area contributed by atoms with Gasteiger partial charge in [0.2, 0.25) is 5.88 Å².